The van der Waals surface area contributed by atoms with E-state index in [0.717, 1.165) is 32.7 Å². The zero-order chi connectivity index (χ0) is 15.2. The number of quaternary nitrogens is 1. The number of carbonyl (C=O) groups excluding carboxylic acids is 1. The number of likely N-dealkylation sites (N-methyl/N-ethyl adjacent to an activating group) is 1. The van der Waals surface area contributed by atoms with E-state index in [1.807, 2.05) is 29.2 Å². The summed E-state index contributed by atoms with van der Waals surface area (Å²) in [5, 5.41) is 0. The van der Waals surface area contributed by atoms with Crippen LogP contribution in [0.4, 0.5) is 0 Å². The Labute approximate surface area is 126 Å². The Bertz CT molecular complexity index is 470. The monoisotopic (exact) mass is 293 g/mol. The molecule has 1 atom stereocenters. The molecule has 1 aliphatic rings. The number of nitrogens with one attached hydrogen (secondary N) is 1. The number of rotatable bonds is 5. The lowest BCUT2D eigenvalue weighted by Crippen LogP contribution is -3.14. The van der Waals surface area contributed by atoms with Gasteiger partial charge in [0.05, 0.1) is 39.8 Å². The number of para-hydroxylation sites is 2. The number of hydrogen-bond acceptors (Lipinski definition) is 3. The van der Waals surface area contributed by atoms with E-state index in [1.165, 1.54) is 0 Å². The third-order valence-corrected chi connectivity index (χ3v) is 4.00. The van der Waals surface area contributed by atoms with E-state index in [4.69, 9.17) is 9.47 Å². The molecule has 5 nitrogen and oxygen atoms in total. The number of nitrogens with zero attached hydrogens (tertiary/aromatic N) is 1. The molecule has 0 aromatic heterocycles. The molecular weight excluding hydrogens is 268 g/mol. The summed E-state index contributed by atoms with van der Waals surface area (Å²) in [4.78, 5) is 15.9. The fourth-order valence-electron chi connectivity index (χ4n) is 2.61. The van der Waals surface area contributed by atoms with Crippen LogP contribution in [0.3, 0.4) is 0 Å². The van der Waals surface area contributed by atoms with Crippen LogP contribution in [0.15, 0.2) is 24.3 Å². The van der Waals surface area contributed by atoms with Gasteiger partial charge in [-0.25, -0.2) is 0 Å². The second-order valence-corrected chi connectivity index (χ2v) is 5.34. The highest BCUT2D eigenvalue weighted by molar-refractivity contribution is 5.81. The zero-order valence-electron chi connectivity index (χ0n) is 13.1. The Balaban J connectivity index is 1.94. The average molecular weight is 293 g/mol. The fourth-order valence-corrected chi connectivity index (χ4v) is 2.61. The highest BCUT2D eigenvalue weighted by Crippen LogP contribution is 2.27. The minimum absolute atomic E-state index is 0.0519. The van der Waals surface area contributed by atoms with E-state index in [-0.39, 0.29) is 5.91 Å². The van der Waals surface area contributed by atoms with Crippen molar-refractivity contribution in [3.8, 4) is 11.5 Å². The second-order valence-electron chi connectivity index (χ2n) is 5.34. The first kappa shape index (κ1) is 15.6. The van der Waals surface area contributed by atoms with Crippen molar-refractivity contribution in [1.29, 1.82) is 0 Å². The summed E-state index contributed by atoms with van der Waals surface area (Å²) in [6.45, 7) is 8.75. The van der Waals surface area contributed by atoms with Crippen molar-refractivity contribution in [3.05, 3.63) is 24.3 Å². The normalized spacial score (nSPS) is 17.4. The molecule has 21 heavy (non-hydrogen) atoms. The average Bonchev–Trinajstić information content (AvgIpc) is 2.54. The molecule has 5 heteroatoms. The highest BCUT2D eigenvalue weighted by atomic mass is 16.5. The quantitative estimate of drug-likeness (QED) is 0.844. The van der Waals surface area contributed by atoms with E-state index in [9.17, 15) is 4.79 Å². The van der Waals surface area contributed by atoms with Crippen molar-refractivity contribution in [3.63, 3.8) is 0 Å². The summed E-state index contributed by atoms with van der Waals surface area (Å²) >= 11 is 0. The minimum Gasteiger partial charge on any atom is -0.493 e. The summed E-state index contributed by atoms with van der Waals surface area (Å²) in [5.74, 6) is 1.31. The number of amides is 1. The van der Waals surface area contributed by atoms with Crippen molar-refractivity contribution in [2.75, 3.05) is 39.8 Å². The van der Waals surface area contributed by atoms with Gasteiger partial charge in [-0.2, -0.15) is 0 Å². The van der Waals surface area contributed by atoms with Crippen molar-refractivity contribution in [2.24, 2.45) is 0 Å². The maximum absolute atomic E-state index is 12.4. The number of hydrogen-bond donors (Lipinski definition) is 1. The van der Waals surface area contributed by atoms with Gasteiger partial charge in [0, 0.05) is 0 Å². The maximum atomic E-state index is 12.4. The van der Waals surface area contributed by atoms with Gasteiger partial charge in [0.1, 0.15) is 0 Å². The smallest absolute Gasteiger partial charge is 0.263 e. The van der Waals surface area contributed by atoms with Gasteiger partial charge in [-0.3, -0.25) is 4.79 Å². The molecule has 1 N–H and O–H groups in total. The molecule has 116 valence electrons. The van der Waals surface area contributed by atoms with E-state index >= 15 is 0 Å². The van der Waals surface area contributed by atoms with E-state index in [2.05, 4.69) is 6.92 Å². The number of benzene rings is 1. The van der Waals surface area contributed by atoms with Crippen LogP contribution >= 0.6 is 0 Å². The number of ether oxygens (including phenoxy) is 2. The molecule has 2 rings (SSSR count). The van der Waals surface area contributed by atoms with Gasteiger partial charge < -0.3 is 19.3 Å². The molecule has 1 aliphatic heterocycles. The van der Waals surface area contributed by atoms with Crippen LogP contribution in [-0.4, -0.2) is 56.7 Å². The van der Waals surface area contributed by atoms with Gasteiger partial charge in [0.2, 0.25) is 0 Å². The molecule has 1 saturated heterocycles. The lowest BCUT2D eigenvalue weighted by molar-refractivity contribution is -0.902. The molecule has 0 spiro atoms. The molecule has 0 bridgehead atoms. The van der Waals surface area contributed by atoms with Gasteiger partial charge in [0.15, 0.2) is 17.6 Å². The van der Waals surface area contributed by atoms with E-state index in [0.29, 0.717) is 11.5 Å². The van der Waals surface area contributed by atoms with Crippen LogP contribution in [-0.2, 0) is 4.79 Å². The molecule has 1 aromatic carbocycles. The number of carbonyl (C=O) groups is 1. The van der Waals surface area contributed by atoms with Gasteiger partial charge in [-0.1, -0.05) is 12.1 Å². The summed E-state index contributed by atoms with van der Waals surface area (Å²) in [7, 11) is 1.60. The molecule has 0 unspecified atom stereocenters. The van der Waals surface area contributed by atoms with Gasteiger partial charge >= 0.3 is 0 Å². The van der Waals surface area contributed by atoms with Crippen LogP contribution in [0.2, 0.25) is 0 Å². The molecular formula is C16H25N2O3+. The lowest BCUT2D eigenvalue weighted by atomic mass is 10.2. The number of methoxy groups -OCH3 is 1. The molecule has 1 aromatic rings. The molecule has 1 fully saturated rings. The standard InChI is InChI=1S/C16H24N2O3/c1-4-17-9-11-18(12-10-17)16(19)13(2)21-15-8-6-5-7-14(15)20-3/h5-8,13H,4,9-12H2,1-3H3/p+1/t13-/m1/s1. The lowest BCUT2D eigenvalue weighted by Gasteiger charge is -2.33. The molecule has 0 aliphatic carbocycles. The summed E-state index contributed by atoms with van der Waals surface area (Å²) in [5.41, 5.74) is 0. The second kappa shape index (κ2) is 7.31. The Morgan fingerprint density at radius 3 is 2.48 bits per heavy atom. The van der Waals surface area contributed by atoms with Crippen molar-refractivity contribution >= 4 is 5.91 Å². The fraction of sp³-hybridized carbons (Fsp3) is 0.562. The molecule has 0 radical (unpaired) electrons. The van der Waals surface area contributed by atoms with Crippen LogP contribution in [0.1, 0.15) is 13.8 Å². The SMILES string of the molecule is CC[NH+]1CCN(C(=O)[C@@H](C)Oc2ccccc2OC)CC1. The zero-order valence-corrected chi connectivity index (χ0v) is 13.1. The van der Waals surface area contributed by atoms with Gasteiger partial charge in [-0.15, -0.1) is 0 Å². The third-order valence-electron chi connectivity index (χ3n) is 4.00. The Morgan fingerprint density at radius 1 is 1.29 bits per heavy atom. The first-order valence-electron chi connectivity index (χ1n) is 7.57. The Kier molecular flexibility index (Phi) is 5.44. The summed E-state index contributed by atoms with van der Waals surface area (Å²) < 4.78 is 11.0. The topological polar surface area (TPSA) is 43.2 Å². The highest BCUT2D eigenvalue weighted by Gasteiger charge is 2.27. The maximum Gasteiger partial charge on any atom is 0.263 e. The molecule has 1 amide bonds. The van der Waals surface area contributed by atoms with E-state index in [1.54, 1.807) is 18.9 Å². The summed E-state index contributed by atoms with van der Waals surface area (Å²) in [6, 6.07) is 7.40. The van der Waals surface area contributed by atoms with Crippen molar-refractivity contribution in [1.82, 2.24) is 4.90 Å². The Morgan fingerprint density at radius 2 is 1.90 bits per heavy atom. The minimum atomic E-state index is -0.496. The van der Waals surface area contributed by atoms with Crippen LogP contribution in [0, 0.1) is 0 Å². The van der Waals surface area contributed by atoms with Crippen LogP contribution in [0.25, 0.3) is 0 Å². The van der Waals surface area contributed by atoms with Crippen LogP contribution < -0.4 is 14.4 Å². The summed E-state index contributed by atoms with van der Waals surface area (Å²) in [6.07, 6.45) is -0.496. The number of piperazine rings is 1. The molecule has 0 saturated carbocycles. The van der Waals surface area contributed by atoms with Gasteiger partial charge in [-0.05, 0) is 26.0 Å². The first-order valence-corrected chi connectivity index (χ1v) is 7.57. The van der Waals surface area contributed by atoms with Crippen molar-refractivity contribution in [2.45, 2.75) is 20.0 Å². The molecule has 1 heterocycles. The Hall–Kier alpha value is -1.75. The third kappa shape index (κ3) is 3.88. The van der Waals surface area contributed by atoms with Crippen molar-refractivity contribution < 1.29 is 19.2 Å². The van der Waals surface area contributed by atoms with Crippen LogP contribution in [0.5, 0.6) is 11.5 Å². The van der Waals surface area contributed by atoms with Gasteiger partial charge in [0.25, 0.3) is 5.91 Å². The predicted molar refractivity (Wildman–Crippen MR) is 80.9 cm³/mol. The largest absolute Gasteiger partial charge is 0.493 e. The van der Waals surface area contributed by atoms with E-state index < -0.39 is 6.10 Å². The predicted octanol–water partition coefficient (Wildman–Crippen LogP) is 0.210. The first-order chi connectivity index (χ1) is 10.2.